The Hall–Kier alpha value is -2.48. The Morgan fingerprint density at radius 1 is 1.48 bits per heavy atom. The highest BCUT2D eigenvalue weighted by Gasteiger charge is 2.07. The molecule has 21 heavy (non-hydrogen) atoms. The number of carbonyl (C=O) groups excluding carboxylic acids is 1. The van der Waals surface area contributed by atoms with E-state index in [-0.39, 0.29) is 0 Å². The number of aromatic nitrogens is 3. The summed E-state index contributed by atoms with van der Waals surface area (Å²) in [5, 5.41) is 10.8. The van der Waals surface area contributed by atoms with Gasteiger partial charge in [-0.05, 0) is 42.9 Å². The molecule has 8 heteroatoms. The Balaban J connectivity index is 2.29. The van der Waals surface area contributed by atoms with Gasteiger partial charge in [0.2, 0.25) is 4.77 Å². The van der Waals surface area contributed by atoms with E-state index in [0.29, 0.717) is 22.1 Å². The molecule has 0 aliphatic carbocycles. The summed E-state index contributed by atoms with van der Waals surface area (Å²) < 4.78 is 12.1. The Morgan fingerprint density at radius 2 is 2.24 bits per heavy atom. The molecule has 0 spiro atoms. The van der Waals surface area contributed by atoms with Crippen LogP contribution in [0.3, 0.4) is 0 Å². The minimum absolute atomic E-state index is 0.359. The lowest BCUT2D eigenvalue weighted by Crippen LogP contribution is -2.03. The van der Waals surface area contributed by atoms with Gasteiger partial charge in [0.05, 0.1) is 13.3 Å². The van der Waals surface area contributed by atoms with Gasteiger partial charge in [-0.1, -0.05) is 0 Å². The molecule has 7 nitrogen and oxygen atoms in total. The summed E-state index contributed by atoms with van der Waals surface area (Å²) in [5.41, 5.74) is 0.769. The third-order valence-electron chi connectivity index (χ3n) is 2.58. The molecule has 1 aromatic carbocycles. The number of hydrogen-bond acceptors (Lipinski definition) is 6. The molecule has 0 bridgehead atoms. The molecule has 0 aliphatic rings. The number of aryl methyl sites for hydroxylation is 1. The van der Waals surface area contributed by atoms with E-state index >= 15 is 0 Å². The van der Waals surface area contributed by atoms with Crippen LogP contribution in [0.25, 0.3) is 0 Å². The second kappa shape index (κ2) is 6.31. The van der Waals surface area contributed by atoms with E-state index in [2.05, 4.69) is 15.3 Å². The zero-order chi connectivity index (χ0) is 15.4. The van der Waals surface area contributed by atoms with Crippen LogP contribution in [0.4, 0.5) is 0 Å². The van der Waals surface area contributed by atoms with Gasteiger partial charge in [0.1, 0.15) is 5.82 Å². The molecule has 2 aromatic rings. The molecular weight excluding hydrogens is 292 g/mol. The Morgan fingerprint density at radius 3 is 2.81 bits per heavy atom. The fourth-order valence-corrected chi connectivity index (χ4v) is 1.86. The minimum atomic E-state index is -0.407. The Bertz CT molecular complexity index is 748. The van der Waals surface area contributed by atoms with E-state index in [1.807, 2.05) is 0 Å². The zero-order valence-corrected chi connectivity index (χ0v) is 12.6. The number of hydrogen-bond donors (Lipinski definition) is 1. The molecule has 0 amide bonds. The summed E-state index contributed by atoms with van der Waals surface area (Å²) in [6.07, 6.45) is 1.61. The quantitative estimate of drug-likeness (QED) is 0.405. The van der Waals surface area contributed by atoms with Crippen LogP contribution in [0.2, 0.25) is 0 Å². The standard InChI is InChI=1S/C13H14N4O3S/c1-8-15-16-13(21)17(8)14-7-10-4-5-11(20-9(2)18)12(6-10)19-3/h4-7H,1-3H3,(H,16,21)/b14-7-. The Labute approximate surface area is 126 Å². The van der Waals surface area contributed by atoms with Crippen LogP contribution in [0.15, 0.2) is 23.3 Å². The highest BCUT2D eigenvalue weighted by molar-refractivity contribution is 7.71. The van der Waals surface area contributed by atoms with Crippen molar-refractivity contribution < 1.29 is 14.3 Å². The number of H-pyrrole nitrogens is 1. The lowest BCUT2D eigenvalue weighted by atomic mass is 10.2. The number of aromatic amines is 1. The number of nitrogens with zero attached hydrogens (tertiary/aromatic N) is 3. The molecule has 0 saturated heterocycles. The van der Waals surface area contributed by atoms with E-state index in [0.717, 1.165) is 5.56 Å². The second-order valence-electron chi connectivity index (χ2n) is 4.14. The first kappa shape index (κ1) is 14.9. The molecule has 0 atom stereocenters. The molecule has 0 fully saturated rings. The molecule has 0 unspecified atom stereocenters. The first-order chi connectivity index (χ1) is 10.0. The molecule has 0 radical (unpaired) electrons. The van der Waals surface area contributed by atoms with Gasteiger partial charge >= 0.3 is 5.97 Å². The average molecular weight is 306 g/mol. The number of benzene rings is 1. The van der Waals surface area contributed by atoms with E-state index in [4.69, 9.17) is 21.7 Å². The van der Waals surface area contributed by atoms with Gasteiger partial charge < -0.3 is 9.47 Å². The summed E-state index contributed by atoms with van der Waals surface area (Å²) in [4.78, 5) is 11.0. The van der Waals surface area contributed by atoms with Crippen molar-refractivity contribution in [2.75, 3.05) is 7.11 Å². The molecule has 1 aromatic heterocycles. The van der Waals surface area contributed by atoms with Gasteiger partial charge in [0.15, 0.2) is 11.5 Å². The Kier molecular flexibility index (Phi) is 4.49. The van der Waals surface area contributed by atoms with Gasteiger partial charge in [-0.3, -0.25) is 9.89 Å². The smallest absolute Gasteiger partial charge is 0.308 e. The number of rotatable bonds is 4. The monoisotopic (exact) mass is 306 g/mol. The van der Waals surface area contributed by atoms with E-state index in [1.54, 1.807) is 31.3 Å². The summed E-state index contributed by atoms with van der Waals surface area (Å²) in [6, 6.07) is 5.10. The molecule has 1 N–H and O–H groups in total. The number of esters is 1. The summed E-state index contributed by atoms with van der Waals surface area (Å²) >= 11 is 5.05. The summed E-state index contributed by atoms with van der Waals surface area (Å²) in [6.45, 7) is 3.12. The van der Waals surface area contributed by atoms with E-state index < -0.39 is 5.97 Å². The van der Waals surface area contributed by atoms with Crippen molar-refractivity contribution in [3.05, 3.63) is 34.4 Å². The topological polar surface area (TPSA) is 81.5 Å². The zero-order valence-electron chi connectivity index (χ0n) is 11.8. The van der Waals surface area contributed by atoms with Crippen LogP contribution < -0.4 is 9.47 Å². The van der Waals surface area contributed by atoms with Crippen molar-refractivity contribution in [3.63, 3.8) is 0 Å². The fraction of sp³-hybridized carbons (Fsp3) is 0.231. The highest BCUT2D eigenvalue weighted by atomic mass is 32.1. The third-order valence-corrected chi connectivity index (χ3v) is 2.84. The van der Waals surface area contributed by atoms with Crippen LogP contribution in [-0.4, -0.2) is 34.2 Å². The maximum absolute atomic E-state index is 11.0. The largest absolute Gasteiger partial charge is 0.493 e. The second-order valence-corrected chi connectivity index (χ2v) is 4.52. The first-order valence-corrected chi connectivity index (χ1v) is 6.47. The van der Waals surface area contributed by atoms with Crippen LogP contribution in [0.5, 0.6) is 11.5 Å². The average Bonchev–Trinajstić information content (AvgIpc) is 2.76. The van der Waals surface area contributed by atoms with E-state index in [1.165, 1.54) is 18.7 Å². The normalized spacial score (nSPS) is 10.8. The van der Waals surface area contributed by atoms with Crippen molar-refractivity contribution in [1.29, 1.82) is 0 Å². The number of ether oxygens (including phenoxy) is 2. The molecule has 2 rings (SSSR count). The maximum atomic E-state index is 11.0. The van der Waals surface area contributed by atoms with Gasteiger partial charge in [-0.2, -0.15) is 14.9 Å². The maximum Gasteiger partial charge on any atom is 0.308 e. The highest BCUT2D eigenvalue weighted by Crippen LogP contribution is 2.27. The van der Waals surface area contributed by atoms with Crippen molar-refractivity contribution in [3.8, 4) is 11.5 Å². The molecule has 0 saturated carbocycles. The number of carbonyl (C=O) groups is 1. The van der Waals surface area contributed by atoms with Crippen LogP contribution >= 0.6 is 12.2 Å². The molecular formula is C13H14N4O3S. The molecule has 1 heterocycles. The van der Waals surface area contributed by atoms with Crippen molar-refractivity contribution in [1.82, 2.24) is 14.9 Å². The summed E-state index contributed by atoms with van der Waals surface area (Å²) in [7, 11) is 1.50. The number of nitrogens with one attached hydrogen (secondary N) is 1. The van der Waals surface area contributed by atoms with Gasteiger partial charge in [0, 0.05) is 6.92 Å². The van der Waals surface area contributed by atoms with Crippen LogP contribution in [-0.2, 0) is 4.79 Å². The van der Waals surface area contributed by atoms with Gasteiger partial charge in [-0.15, -0.1) is 0 Å². The van der Waals surface area contributed by atoms with E-state index in [9.17, 15) is 4.79 Å². The van der Waals surface area contributed by atoms with Crippen LogP contribution in [0.1, 0.15) is 18.3 Å². The van der Waals surface area contributed by atoms with Crippen molar-refractivity contribution in [2.45, 2.75) is 13.8 Å². The predicted octanol–water partition coefficient (Wildman–Crippen LogP) is 2.07. The van der Waals surface area contributed by atoms with Crippen LogP contribution in [0, 0.1) is 11.7 Å². The third kappa shape index (κ3) is 3.54. The first-order valence-electron chi connectivity index (χ1n) is 6.06. The molecule has 110 valence electrons. The molecule has 0 aliphatic heterocycles. The summed E-state index contributed by atoms with van der Waals surface area (Å²) in [5.74, 6) is 1.05. The lowest BCUT2D eigenvalue weighted by Gasteiger charge is -2.08. The minimum Gasteiger partial charge on any atom is -0.493 e. The van der Waals surface area contributed by atoms with Crippen molar-refractivity contribution >= 4 is 24.4 Å². The predicted molar refractivity (Wildman–Crippen MR) is 79.4 cm³/mol. The lowest BCUT2D eigenvalue weighted by molar-refractivity contribution is -0.132. The van der Waals surface area contributed by atoms with Gasteiger partial charge in [-0.25, -0.2) is 0 Å². The SMILES string of the molecule is COc1cc(/C=N\n2c(C)n[nH]c2=S)ccc1OC(C)=O. The van der Waals surface area contributed by atoms with Crippen molar-refractivity contribution in [2.24, 2.45) is 5.10 Å². The number of methoxy groups -OCH3 is 1. The van der Waals surface area contributed by atoms with Gasteiger partial charge in [0.25, 0.3) is 0 Å². The fourth-order valence-electron chi connectivity index (χ4n) is 1.63.